The first-order valence-electron chi connectivity index (χ1n) is 8.48. The van der Waals surface area contributed by atoms with Crippen LogP contribution in [0.5, 0.6) is 17.2 Å². The minimum atomic E-state index is 0.421. The lowest BCUT2D eigenvalue weighted by atomic mass is 9.86. The minimum Gasteiger partial charge on any atom is -0.493 e. The van der Waals surface area contributed by atoms with Gasteiger partial charge >= 0.3 is 0 Å². The molecule has 25 heavy (non-hydrogen) atoms. The van der Waals surface area contributed by atoms with Gasteiger partial charge in [-0.15, -0.1) is 0 Å². The summed E-state index contributed by atoms with van der Waals surface area (Å²) in [6.07, 6.45) is 6.62. The average Bonchev–Trinajstić information content (AvgIpc) is 2.62. The van der Waals surface area contributed by atoms with Crippen LogP contribution in [0.2, 0.25) is 0 Å². The van der Waals surface area contributed by atoms with Gasteiger partial charge in [0.05, 0.1) is 27.5 Å². The molecule has 0 aliphatic heterocycles. The zero-order valence-corrected chi connectivity index (χ0v) is 16.1. The van der Waals surface area contributed by atoms with Crippen molar-refractivity contribution in [1.82, 2.24) is 10.7 Å². The van der Waals surface area contributed by atoms with E-state index >= 15 is 0 Å². The average molecular weight is 365 g/mol. The molecule has 0 bridgehead atoms. The quantitative estimate of drug-likeness (QED) is 0.459. The molecule has 1 aliphatic carbocycles. The van der Waals surface area contributed by atoms with Crippen molar-refractivity contribution >= 4 is 23.5 Å². The van der Waals surface area contributed by atoms with Crippen LogP contribution < -0.4 is 25.0 Å². The van der Waals surface area contributed by atoms with E-state index in [0.29, 0.717) is 34.3 Å². The van der Waals surface area contributed by atoms with Gasteiger partial charge in [0.15, 0.2) is 16.6 Å². The lowest BCUT2D eigenvalue weighted by Crippen LogP contribution is -2.44. The van der Waals surface area contributed by atoms with Crippen molar-refractivity contribution in [2.45, 2.75) is 38.6 Å². The van der Waals surface area contributed by atoms with Crippen molar-refractivity contribution in [3.63, 3.8) is 0 Å². The number of nitrogens with one attached hydrogen (secondary N) is 2. The Morgan fingerprint density at radius 2 is 1.76 bits per heavy atom. The fourth-order valence-corrected chi connectivity index (χ4v) is 3.28. The van der Waals surface area contributed by atoms with E-state index in [0.717, 1.165) is 12.0 Å². The molecule has 2 rings (SSSR count). The number of rotatable bonds is 6. The van der Waals surface area contributed by atoms with Gasteiger partial charge in [-0.2, -0.15) is 5.10 Å². The molecule has 138 valence electrons. The van der Waals surface area contributed by atoms with Gasteiger partial charge in [0, 0.05) is 11.6 Å². The van der Waals surface area contributed by atoms with Gasteiger partial charge in [-0.1, -0.05) is 19.8 Å². The molecule has 1 aliphatic rings. The summed E-state index contributed by atoms with van der Waals surface area (Å²) in [6, 6.07) is 4.07. The first kappa shape index (κ1) is 19.3. The van der Waals surface area contributed by atoms with E-state index in [4.69, 9.17) is 26.4 Å². The number of benzene rings is 1. The third-order valence-electron chi connectivity index (χ3n) is 4.49. The summed E-state index contributed by atoms with van der Waals surface area (Å²) in [5, 5.41) is 8.11. The topological polar surface area (TPSA) is 64.1 Å². The second kappa shape index (κ2) is 9.46. The number of thiocarbonyl (C=S) groups is 1. The second-order valence-electron chi connectivity index (χ2n) is 6.17. The fraction of sp³-hybridized carbons (Fsp3) is 0.556. The van der Waals surface area contributed by atoms with Crippen molar-refractivity contribution < 1.29 is 14.2 Å². The largest absolute Gasteiger partial charge is 0.493 e. The Morgan fingerprint density at radius 1 is 1.12 bits per heavy atom. The van der Waals surface area contributed by atoms with Gasteiger partial charge in [-0.3, -0.25) is 5.43 Å². The maximum atomic E-state index is 5.33. The van der Waals surface area contributed by atoms with Crippen LogP contribution in [-0.4, -0.2) is 38.7 Å². The lowest BCUT2D eigenvalue weighted by Gasteiger charge is -2.30. The van der Waals surface area contributed by atoms with Crippen LogP contribution >= 0.6 is 12.2 Å². The summed E-state index contributed by atoms with van der Waals surface area (Å²) in [5.74, 6) is 2.35. The molecule has 0 aromatic heterocycles. The summed E-state index contributed by atoms with van der Waals surface area (Å²) in [5.41, 5.74) is 3.70. The molecule has 1 aromatic carbocycles. The molecular formula is C18H27N3O3S. The number of hydrogen-bond acceptors (Lipinski definition) is 5. The highest BCUT2D eigenvalue weighted by molar-refractivity contribution is 7.80. The Balaban J connectivity index is 1.98. The summed E-state index contributed by atoms with van der Waals surface area (Å²) in [4.78, 5) is 0. The molecule has 6 nitrogen and oxygen atoms in total. The fourth-order valence-electron chi connectivity index (χ4n) is 3.07. The van der Waals surface area contributed by atoms with E-state index < -0.39 is 0 Å². The zero-order chi connectivity index (χ0) is 18.2. The van der Waals surface area contributed by atoms with E-state index in [9.17, 15) is 0 Å². The van der Waals surface area contributed by atoms with E-state index in [1.165, 1.54) is 19.3 Å². The molecule has 0 saturated heterocycles. The Kier molecular flexibility index (Phi) is 7.31. The highest BCUT2D eigenvalue weighted by atomic mass is 32.1. The molecule has 2 N–H and O–H groups in total. The van der Waals surface area contributed by atoms with Gasteiger partial charge in [0.25, 0.3) is 0 Å². The van der Waals surface area contributed by atoms with Crippen LogP contribution in [0.3, 0.4) is 0 Å². The van der Waals surface area contributed by atoms with Gasteiger partial charge in [-0.25, -0.2) is 0 Å². The third-order valence-corrected chi connectivity index (χ3v) is 4.70. The molecule has 0 spiro atoms. The number of ether oxygens (including phenoxy) is 3. The summed E-state index contributed by atoms with van der Waals surface area (Å²) in [7, 11) is 4.74. The predicted molar refractivity (Wildman–Crippen MR) is 104 cm³/mol. The molecule has 1 saturated carbocycles. The second-order valence-corrected chi connectivity index (χ2v) is 6.58. The number of hydrogen-bond donors (Lipinski definition) is 2. The molecule has 1 aromatic rings. The smallest absolute Gasteiger partial charge is 0.203 e. The molecular weight excluding hydrogens is 338 g/mol. The maximum absolute atomic E-state index is 5.33. The van der Waals surface area contributed by atoms with Gasteiger partial charge < -0.3 is 19.5 Å². The van der Waals surface area contributed by atoms with E-state index in [2.05, 4.69) is 22.8 Å². The summed E-state index contributed by atoms with van der Waals surface area (Å²) in [6.45, 7) is 2.26. The number of nitrogens with zero attached hydrogens (tertiary/aromatic N) is 1. The standard InChI is InChI=1S/C18H27N3O3S/c1-12-7-5-6-8-14(12)20-18(25)21-19-11-13-9-15(22-2)17(24-4)16(10-13)23-3/h9-12,14H,5-8H2,1-4H3,(H2,20,21,25)/b19-11-/t12-,14-/m1/s1. The molecule has 0 amide bonds. The highest BCUT2D eigenvalue weighted by Gasteiger charge is 2.21. The summed E-state index contributed by atoms with van der Waals surface area (Å²) < 4.78 is 16.0. The first-order chi connectivity index (χ1) is 12.1. The Bertz CT molecular complexity index is 597. The van der Waals surface area contributed by atoms with Gasteiger partial charge in [0.1, 0.15) is 0 Å². The van der Waals surface area contributed by atoms with Crippen molar-refractivity contribution in [3.05, 3.63) is 17.7 Å². The normalized spacial score (nSPS) is 20.2. The molecule has 1 fully saturated rings. The molecule has 2 atom stereocenters. The van der Waals surface area contributed by atoms with E-state index in [1.807, 2.05) is 12.1 Å². The minimum absolute atomic E-state index is 0.421. The van der Waals surface area contributed by atoms with Crippen LogP contribution in [0.4, 0.5) is 0 Å². The summed E-state index contributed by atoms with van der Waals surface area (Å²) >= 11 is 5.33. The van der Waals surface area contributed by atoms with Crippen LogP contribution in [-0.2, 0) is 0 Å². The van der Waals surface area contributed by atoms with Gasteiger partial charge in [0.2, 0.25) is 5.75 Å². The predicted octanol–water partition coefficient (Wildman–Crippen LogP) is 3.09. The molecule has 0 radical (unpaired) electrons. The van der Waals surface area contributed by atoms with Crippen LogP contribution in [0, 0.1) is 5.92 Å². The van der Waals surface area contributed by atoms with E-state index in [1.54, 1.807) is 27.5 Å². The van der Waals surface area contributed by atoms with Crippen LogP contribution in [0.15, 0.2) is 17.2 Å². The Morgan fingerprint density at radius 3 is 2.32 bits per heavy atom. The first-order valence-corrected chi connectivity index (χ1v) is 8.89. The molecule has 7 heteroatoms. The molecule has 0 heterocycles. The van der Waals surface area contributed by atoms with Crippen molar-refractivity contribution in [1.29, 1.82) is 0 Å². The zero-order valence-electron chi connectivity index (χ0n) is 15.3. The van der Waals surface area contributed by atoms with Crippen molar-refractivity contribution in [3.8, 4) is 17.2 Å². The monoisotopic (exact) mass is 365 g/mol. The lowest BCUT2D eigenvalue weighted by molar-refractivity contribution is 0.308. The van der Waals surface area contributed by atoms with Crippen molar-refractivity contribution in [2.75, 3.05) is 21.3 Å². The SMILES string of the molecule is COc1cc(/C=N\NC(=S)N[C@@H]2CCCC[C@H]2C)cc(OC)c1OC. The number of hydrazone groups is 1. The highest BCUT2D eigenvalue weighted by Crippen LogP contribution is 2.37. The van der Waals surface area contributed by atoms with Gasteiger partial charge in [-0.05, 0) is 43.1 Å². The molecule has 0 unspecified atom stereocenters. The third kappa shape index (κ3) is 5.22. The van der Waals surface area contributed by atoms with Crippen molar-refractivity contribution in [2.24, 2.45) is 11.0 Å². The Labute approximate surface area is 154 Å². The van der Waals surface area contributed by atoms with E-state index in [-0.39, 0.29) is 0 Å². The van der Waals surface area contributed by atoms with Crippen LogP contribution in [0.25, 0.3) is 0 Å². The Hall–Kier alpha value is -2.02. The van der Waals surface area contributed by atoms with Crippen LogP contribution in [0.1, 0.15) is 38.2 Å². The number of methoxy groups -OCH3 is 3. The maximum Gasteiger partial charge on any atom is 0.203 e.